The maximum atomic E-state index is 13.5. The first-order chi connectivity index (χ1) is 10.2. The molecule has 1 aliphatic rings. The first-order valence-corrected chi connectivity index (χ1v) is 7.02. The van der Waals surface area contributed by atoms with Crippen molar-refractivity contribution in [2.75, 3.05) is 6.54 Å². The lowest BCUT2D eigenvalue weighted by Gasteiger charge is -2.27. The fourth-order valence-electron chi connectivity index (χ4n) is 2.56. The molecule has 2 aromatic carbocycles. The molecule has 0 saturated heterocycles. The summed E-state index contributed by atoms with van der Waals surface area (Å²) in [4.78, 5) is 14.0. The highest BCUT2D eigenvalue weighted by molar-refractivity contribution is 5.92. The number of rotatable bonds is 2. The van der Waals surface area contributed by atoms with Crippen LogP contribution in [0.15, 0.2) is 54.6 Å². The average molecular weight is 281 g/mol. The molecule has 0 bridgehead atoms. The summed E-state index contributed by atoms with van der Waals surface area (Å²) >= 11 is 0. The number of fused-ring (bicyclic) bond motifs is 1. The Kier molecular flexibility index (Phi) is 3.82. The SMILES string of the molecule is O=C(/C=C/c1ccccc1F)N1CCc2ccccc2C1. The summed E-state index contributed by atoms with van der Waals surface area (Å²) < 4.78 is 13.5. The minimum absolute atomic E-state index is 0.0762. The summed E-state index contributed by atoms with van der Waals surface area (Å²) in [6.07, 6.45) is 3.86. The monoisotopic (exact) mass is 281 g/mol. The number of carbonyl (C=O) groups is 1. The Hall–Kier alpha value is -2.42. The normalized spacial score (nSPS) is 14.2. The number of halogens is 1. The van der Waals surface area contributed by atoms with Gasteiger partial charge in [0.05, 0.1) is 0 Å². The van der Waals surface area contributed by atoms with Crippen LogP contribution in [-0.2, 0) is 17.8 Å². The molecule has 0 aromatic heterocycles. The van der Waals surface area contributed by atoms with Crippen molar-refractivity contribution in [1.82, 2.24) is 4.90 Å². The van der Waals surface area contributed by atoms with Crippen molar-refractivity contribution in [1.29, 1.82) is 0 Å². The average Bonchev–Trinajstić information content (AvgIpc) is 2.53. The van der Waals surface area contributed by atoms with E-state index in [1.165, 1.54) is 29.3 Å². The van der Waals surface area contributed by atoms with Gasteiger partial charge in [0.1, 0.15) is 5.82 Å². The van der Waals surface area contributed by atoms with Crippen molar-refractivity contribution < 1.29 is 9.18 Å². The molecule has 0 saturated carbocycles. The van der Waals surface area contributed by atoms with Crippen LogP contribution in [0.5, 0.6) is 0 Å². The molecule has 0 aliphatic carbocycles. The molecule has 0 unspecified atom stereocenters. The van der Waals surface area contributed by atoms with Gasteiger partial charge in [0.25, 0.3) is 0 Å². The van der Waals surface area contributed by atoms with Gasteiger partial charge < -0.3 is 4.90 Å². The van der Waals surface area contributed by atoms with Gasteiger partial charge in [0, 0.05) is 24.7 Å². The predicted molar refractivity (Wildman–Crippen MR) is 81.0 cm³/mol. The van der Waals surface area contributed by atoms with Crippen LogP contribution in [0, 0.1) is 5.82 Å². The molecule has 0 N–H and O–H groups in total. The Morgan fingerprint density at radius 1 is 1.05 bits per heavy atom. The molecule has 0 radical (unpaired) electrons. The third-order valence-electron chi connectivity index (χ3n) is 3.75. The third kappa shape index (κ3) is 3.02. The maximum Gasteiger partial charge on any atom is 0.246 e. The number of hydrogen-bond donors (Lipinski definition) is 0. The molecule has 2 nitrogen and oxygen atoms in total. The highest BCUT2D eigenvalue weighted by Gasteiger charge is 2.18. The number of benzene rings is 2. The highest BCUT2D eigenvalue weighted by atomic mass is 19.1. The molecule has 0 spiro atoms. The fraction of sp³-hybridized carbons (Fsp3) is 0.167. The predicted octanol–water partition coefficient (Wildman–Crippen LogP) is 3.42. The highest BCUT2D eigenvalue weighted by Crippen LogP contribution is 2.19. The third-order valence-corrected chi connectivity index (χ3v) is 3.75. The summed E-state index contributed by atoms with van der Waals surface area (Å²) in [6, 6.07) is 14.6. The molecule has 2 aromatic rings. The Labute approximate surface area is 123 Å². The van der Waals surface area contributed by atoms with Crippen LogP contribution in [-0.4, -0.2) is 17.4 Å². The first kappa shape index (κ1) is 13.6. The van der Waals surface area contributed by atoms with E-state index in [0.717, 1.165) is 6.42 Å². The van der Waals surface area contributed by atoms with Gasteiger partial charge in [-0.15, -0.1) is 0 Å². The zero-order chi connectivity index (χ0) is 14.7. The van der Waals surface area contributed by atoms with Crippen molar-refractivity contribution in [2.24, 2.45) is 0 Å². The summed E-state index contributed by atoms with van der Waals surface area (Å²) in [5.41, 5.74) is 2.93. The molecule has 1 aliphatic heterocycles. The van der Waals surface area contributed by atoms with E-state index >= 15 is 0 Å². The van der Waals surface area contributed by atoms with Crippen molar-refractivity contribution >= 4 is 12.0 Å². The van der Waals surface area contributed by atoms with Crippen molar-refractivity contribution in [3.05, 3.63) is 77.1 Å². The quantitative estimate of drug-likeness (QED) is 0.772. The molecule has 3 rings (SSSR count). The topological polar surface area (TPSA) is 20.3 Å². The van der Waals surface area contributed by atoms with Gasteiger partial charge in [0.15, 0.2) is 0 Å². The molecule has 0 fully saturated rings. The van der Waals surface area contributed by atoms with Gasteiger partial charge in [-0.2, -0.15) is 0 Å². The standard InChI is InChI=1S/C18H16FNO/c19-17-8-4-3-6-15(17)9-10-18(21)20-12-11-14-5-1-2-7-16(14)13-20/h1-10H,11-13H2/b10-9+. The van der Waals surface area contributed by atoms with E-state index in [1.807, 2.05) is 12.1 Å². The van der Waals surface area contributed by atoms with Gasteiger partial charge in [-0.25, -0.2) is 4.39 Å². The number of amides is 1. The van der Waals surface area contributed by atoms with E-state index in [0.29, 0.717) is 18.7 Å². The van der Waals surface area contributed by atoms with Crippen molar-refractivity contribution in [3.8, 4) is 0 Å². The second-order valence-electron chi connectivity index (χ2n) is 5.13. The van der Waals surface area contributed by atoms with Gasteiger partial charge in [-0.1, -0.05) is 42.5 Å². The second-order valence-corrected chi connectivity index (χ2v) is 5.13. The number of nitrogens with zero attached hydrogens (tertiary/aromatic N) is 1. The van der Waals surface area contributed by atoms with E-state index in [9.17, 15) is 9.18 Å². The lowest BCUT2D eigenvalue weighted by atomic mass is 10.00. The fourth-order valence-corrected chi connectivity index (χ4v) is 2.56. The van der Waals surface area contributed by atoms with Crippen molar-refractivity contribution in [3.63, 3.8) is 0 Å². The maximum absolute atomic E-state index is 13.5. The molecule has 21 heavy (non-hydrogen) atoms. The summed E-state index contributed by atoms with van der Waals surface area (Å²) in [5.74, 6) is -0.390. The first-order valence-electron chi connectivity index (χ1n) is 7.02. The minimum Gasteiger partial charge on any atom is -0.334 e. The van der Waals surface area contributed by atoms with Gasteiger partial charge in [-0.05, 0) is 29.7 Å². The van der Waals surface area contributed by atoms with E-state index in [1.54, 1.807) is 23.1 Å². The molecule has 106 valence electrons. The van der Waals surface area contributed by atoms with E-state index in [4.69, 9.17) is 0 Å². The molecular weight excluding hydrogens is 265 g/mol. The largest absolute Gasteiger partial charge is 0.334 e. The van der Waals surface area contributed by atoms with Crippen LogP contribution >= 0.6 is 0 Å². The van der Waals surface area contributed by atoms with Crippen LogP contribution in [0.2, 0.25) is 0 Å². The van der Waals surface area contributed by atoms with Crippen LogP contribution in [0.1, 0.15) is 16.7 Å². The summed E-state index contributed by atoms with van der Waals surface area (Å²) in [6.45, 7) is 1.33. The molecule has 1 amide bonds. The molecule has 3 heteroatoms. The number of hydrogen-bond acceptors (Lipinski definition) is 1. The van der Waals surface area contributed by atoms with Crippen LogP contribution < -0.4 is 0 Å². The second kappa shape index (κ2) is 5.92. The van der Waals surface area contributed by atoms with Crippen LogP contribution in [0.25, 0.3) is 6.08 Å². The lowest BCUT2D eigenvalue weighted by molar-refractivity contribution is -0.126. The minimum atomic E-state index is -0.314. The van der Waals surface area contributed by atoms with Crippen molar-refractivity contribution in [2.45, 2.75) is 13.0 Å². The van der Waals surface area contributed by atoms with Crippen LogP contribution in [0.4, 0.5) is 4.39 Å². The van der Waals surface area contributed by atoms with Gasteiger partial charge in [-0.3, -0.25) is 4.79 Å². The smallest absolute Gasteiger partial charge is 0.246 e. The molecular formula is C18H16FNO. The lowest BCUT2D eigenvalue weighted by Crippen LogP contribution is -2.34. The molecule has 1 heterocycles. The summed E-state index contributed by atoms with van der Waals surface area (Å²) in [7, 11) is 0. The van der Waals surface area contributed by atoms with Crippen LogP contribution in [0.3, 0.4) is 0 Å². The van der Waals surface area contributed by atoms with E-state index < -0.39 is 0 Å². The Morgan fingerprint density at radius 2 is 1.76 bits per heavy atom. The van der Waals surface area contributed by atoms with Gasteiger partial charge >= 0.3 is 0 Å². The van der Waals surface area contributed by atoms with E-state index in [2.05, 4.69) is 12.1 Å². The molecule has 0 atom stereocenters. The summed E-state index contributed by atoms with van der Waals surface area (Å²) in [5, 5.41) is 0. The Bertz CT molecular complexity index is 693. The zero-order valence-corrected chi connectivity index (χ0v) is 11.6. The van der Waals surface area contributed by atoms with E-state index in [-0.39, 0.29) is 11.7 Å². The Balaban J connectivity index is 1.71. The van der Waals surface area contributed by atoms with Gasteiger partial charge in [0.2, 0.25) is 5.91 Å². The Morgan fingerprint density at radius 3 is 2.57 bits per heavy atom. The zero-order valence-electron chi connectivity index (χ0n) is 11.6. The number of carbonyl (C=O) groups excluding carboxylic acids is 1.